The van der Waals surface area contributed by atoms with Gasteiger partial charge in [-0.3, -0.25) is 4.79 Å². The first-order chi connectivity index (χ1) is 9.54. The van der Waals surface area contributed by atoms with Crippen molar-refractivity contribution in [2.75, 3.05) is 5.32 Å². The summed E-state index contributed by atoms with van der Waals surface area (Å²) in [7, 11) is 0. The molecule has 5 nitrogen and oxygen atoms in total. The van der Waals surface area contributed by atoms with Gasteiger partial charge < -0.3 is 5.32 Å². The summed E-state index contributed by atoms with van der Waals surface area (Å²) in [6.45, 7) is 6.44. The van der Waals surface area contributed by atoms with Gasteiger partial charge in [0, 0.05) is 17.8 Å². The number of hydrogen-bond donors (Lipinski definition) is 1. The quantitative estimate of drug-likeness (QED) is 0.924. The molecular weight excluding hydrogens is 272 g/mol. The van der Waals surface area contributed by atoms with Crippen molar-refractivity contribution in [3.05, 3.63) is 22.1 Å². The van der Waals surface area contributed by atoms with Crippen LogP contribution in [0.15, 0.2) is 10.9 Å². The Morgan fingerprint density at radius 2 is 2.20 bits per heavy atom. The van der Waals surface area contributed by atoms with Crippen LogP contribution in [0.2, 0.25) is 0 Å². The molecule has 0 amide bonds. The van der Waals surface area contributed by atoms with Crippen LogP contribution in [0.4, 0.5) is 5.13 Å². The van der Waals surface area contributed by atoms with E-state index in [0.717, 1.165) is 16.7 Å². The Hall–Kier alpha value is -1.43. The highest BCUT2D eigenvalue weighted by atomic mass is 32.1. The maximum atomic E-state index is 11.9. The Labute approximate surface area is 122 Å². The molecule has 0 spiro atoms. The maximum absolute atomic E-state index is 11.9. The zero-order valence-electron chi connectivity index (χ0n) is 12.1. The van der Waals surface area contributed by atoms with Crippen LogP contribution in [0.25, 0.3) is 4.96 Å². The lowest BCUT2D eigenvalue weighted by Gasteiger charge is -2.34. The molecule has 0 radical (unpaired) electrons. The molecule has 1 aliphatic rings. The van der Waals surface area contributed by atoms with Crippen LogP contribution in [-0.2, 0) is 0 Å². The number of rotatable bonds is 2. The molecule has 1 aliphatic carbocycles. The van der Waals surface area contributed by atoms with Crippen LogP contribution in [0.3, 0.4) is 0 Å². The lowest BCUT2D eigenvalue weighted by molar-refractivity contribution is 0.253. The predicted molar refractivity (Wildman–Crippen MR) is 81.5 cm³/mol. The van der Waals surface area contributed by atoms with E-state index >= 15 is 0 Å². The summed E-state index contributed by atoms with van der Waals surface area (Å²) >= 11 is 1.45. The minimum Gasteiger partial charge on any atom is -0.357 e. The Morgan fingerprint density at radius 1 is 1.40 bits per heavy atom. The summed E-state index contributed by atoms with van der Waals surface area (Å²) in [4.78, 5) is 16.9. The second kappa shape index (κ2) is 5.16. The summed E-state index contributed by atoms with van der Waals surface area (Å²) in [6.07, 6.45) is 3.73. The van der Waals surface area contributed by atoms with Crippen molar-refractivity contribution in [1.29, 1.82) is 0 Å². The number of fused-ring (bicyclic) bond motifs is 1. The molecule has 0 bridgehead atoms. The smallest absolute Gasteiger partial charge is 0.275 e. The third-order valence-corrected chi connectivity index (χ3v) is 5.23. The molecule has 2 aromatic rings. The lowest BCUT2D eigenvalue weighted by atomic mass is 9.78. The first-order valence-corrected chi connectivity index (χ1v) is 8.00. The Bertz CT molecular complexity index is 677. The van der Waals surface area contributed by atoms with Crippen LogP contribution in [-0.4, -0.2) is 20.6 Å². The molecule has 20 heavy (non-hydrogen) atoms. The molecule has 3 rings (SSSR count). The van der Waals surface area contributed by atoms with Gasteiger partial charge in [-0.15, -0.1) is 5.10 Å². The molecule has 1 saturated carbocycles. The van der Waals surface area contributed by atoms with E-state index in [-0.39, 0.29) is 5.56 Å². The van der Waals surface area contributed by atoms with E-state index in [2.05, 4.69) is 29.2 Å². The Balaban J connectivity index is 1.88. The van der Waals surface area contributed by atoms with Gasteiger partial charge >= 0.3 is 0 Å². The van der Waals surface area contributed by atoms with Crippen molar-refractivity contribution in [3.8, 4) is 0 Å². The van der Waals surface area contributed by atoms with Crippen LogP contribution in [0, 0.1) is 18.8 Å². The molecule has 2 heterocycles. The van der Waals surface area contributed by atoms with E-state index in [1.54, 1.807) is 0 Å². The highest BCUT2D eigenvalue weighted by molar-refractivity contribution is 7.20. The van der Waals surface area contributed by atoms with Crippen molar-refractivity contribution in [1.82, 2.24) is 14.6 Å². The summed E-state index contributed by atoms with van der Waals surface area (Å²) in [5, 5.41) is 8.66. The molecule has 1 fully saturated rings. The van der Waals surface area contributed by atoms with Crippen molar-refractivity contribution in [3.63, 3.8) is 0 Å². The van der Waals surface area contributed by atoms with Gasteiger partial charge in [0.05, 0.1) is 0 Å². The first-order valence-electron chi connectivity index (χ1n) is 7.18. The minimum absolute atomic E-state index is 0.109. The van der Waals surface area contributed by atoms with Gasteiger partial charge in [-0.05, 0) is 25.2 Å². The van der Waals surface area contributed by atoms with Crippen LogP contribution in [0.1, 0.15) is 38.8 Å². The second-order valence-electron chi connectivity index (χ2n) is 5.86. The number of aromatic nitrogens is 3. The summed E-state index contributed by atoms with van der Waals surface area (Å²) < 4.78 is 1.39. The fraction of sp³-hybridized carbons (Fsp3) is 0.643. The zero-order chi connectivity index (χ0) is 14.3. The third-order valence-electron chi connectivity index (χ3n) is 4.39. The number of anilines is 1. The third kappa shape index (κ3) is 2.44. The standard InChI is InChI=1S/C14H20N4OS/c1-8-5-4-6-11(10(8)3)16-13-17-18-12(19)7-9(2)15-14(18)20-13/h7-8,10-11H,4-6H2,1-3H3,(H,16,17)/t8-,10-,11+/m0/s1. The molecule has 0 saturated heterocycles. The van der Waals surface area contributed by atoms with E-state index in [1.807, 2.05) is 6.92 Å². The van der Waals surface area contributed by atoms with E-state index in [0.29, 0.717) is 16.9 Å². The molecule has 6 heteroatoms. The average molecular weight is 292 g/mol. The molecule has 0 aromatic carbocycles. The SMILES string of the molecule is Cc1cc(=O)n2nc(N[C@@H]3CCC[C@H](C)[C@@H]3C)sc2n1. The maximum Gasteiger partial charge on any atom is 0.275 e. The van der Waals surface area contributed by atoms with Gasteiger partial charge in [0.1, 0.15) is 0 Å². The average Bonchev–Trinajstić information content (AvgIpc) is 2.78. The monoisotopic (exact) mass is 292 g/mol. The van der Waals surface area contributed by atoms with Gasteiger partial charge in [0.15, 0.2) is 0 Å². The fourth-order valence-corrected chi connectivity index (χ4v) is 3.84. The van der Waals surface area contributed by atoms with Crippen LogP contribution < -0.4 is 10.9 Å². The van der Waals surface area contributed by atoms with Crippen molar-refractivity contribution in [2.24, 2.45) is 11.8 Å². The molecule has 0 unspecified atom stereocenters. The zero-order valence-corrected chi connectivity index (χ0v) is 12.9. The van der Waals surface area contributed by atoms with Gasteiger partial charge in [0.2, 0.25) is 10.1 Å². The molecular formula is C14H20N4OS. The van der Waals surface area contributed by atoms with Crippen molar-refractivity contribution < 1.29 is 0 Å². The van der Waals surface area contributed by atoms with E-state index < -0.39 is 0 Å². The van der Waals surface area contributed by atoms with E-state index in [4.69, 9.17) is 0 Å². The number of hydrogen-bond acceptors (Lipinski definition) is 5. The van der Waals surface area contributed by atoms with Gasteiger partial charge in [-0.25, -0.2) is 4.98 Å². The van der Waals surface area contributed by atoms with Crippen molar-refractivity contribution in [2.45, 2.75) is 46.1 Å². The summed E-state index contributed by atoms with van der Waals surface area (Å²) in [5.41, 5.74) is 0.631. The largest absolute Gasteiger partial charge is 0.357 e. The van der Waals surface area contributed by atoms with Gasteiger partial charge in [-0.2, -0.15) is 4.52 Å². The predicted octanol–water partition coefficient (Wildman–Crippen LogP) is 2.70. The topological polar surface area (TPSA) is 59.3 Å². The highest BCUT2D eigenvalue weighted by Gasteiger charge is 2.27. The minimum atomic E-state index is -0.109. The second-order valence-corrected chi connectivity index (χ2v) is 6.81. The molecule has 2 aromatic heterocycles. The Morgan fingerprint density at radius 3 is 3.00 bits per heavy atom. The first kappa shape index (κ1) is 13.5. The molecule has 0 aliphatic heterocycles. The van der Waals surface area contributed by atoms with Gasteiger partial charge in [-0.1, -0.05) is 38.0 Å². The van der Waals surface area contributed by atoms with Gasteiger partial charge in [0.25, 0.3) is 5.56 Å². The number of aryl methyl sites for hydroxylation is 1. The molecule has 108 valence electrons. The van der Waals surface area contributed by atoms with E-state index in [9.17, 15) is 4.79 Å². The van der Waals surface area contributed by atoms with E-state index in [1.165, 1.54) is 41.2 Å². The number of nitrogens with one attached hydrogen (secondary N) is 1. The van der Waals surface area contributed by atoms with Crippen LogP contribution >= 0.6 is 11.3 Å². The summed E-state index contributed by atoms with van der Waals surface area (Å²) in [5.74, 6) is 1.36. The summed E-state index contributed by atoms with van der Waals surface area (Å²) in [6, 6.07) is 1.96. The molecule has 1 N–H and O–H groups in total. The normalized spacial score (nSPS) is 26.9. The lowest BCUT2D eigenvalue weighted by Crippen LogP contribution is -2.35. The number of nitrogens with zero attached hydrogens (tertiary/aromatic N) is 3. The van der Waals surface area contributed by atoms with Crippen molar-refractivity contribution >= 4 is 21.4 Å². The van der Waals surface area contributed by atoms with Crippen LogP contribution in [0.5, 0.6) is 0 Å². The Kier molecular flexibility index (Phi) is 3.50. The molecule has 3 atom stereocenters. The highest BCUT2D eigenvalue weighted by Crippen LogP contribution is 2.32. The fourth-order valence-electron chi connectivity index (χ4n) is 2.92.